The van der Waals surface area contributed by atoms with Crippen LogP contribution in [0.25, 0.3) is 22.4 Å². The number of hydrogen-bond acceptors (Lipinski definition) is 3. The zero-order valence-electron chi connectivity index (χ0n) is 13.5. The second kappa shape index (κ2) is 6.89. The first-order chi connectivity index (χ1) is 11.9. The van der Waals surface area contributed by atoms with E-state index < -0.39 is 0 Å². The summed E-state index contributed by atoms with van der Waals surface area (Å²) in [5.74, 6) is 0.954. The number of piperidine rings is 1. The van der Waals surface area contributed by atoms with Crippen molar-refractivity contribution in [2.45, 2.75) is 18.9 Å². The fraction of sp³-hybridized carbons (Fsp3) is 0.250. The minimum Gasteiger partial charge on any atom is -0.490 e. The van der Waals surface area contributed by atoms with Gasteiger partial charge in [-0.15, -0.1) is 0 Å². The highest BCUT2D eigenvalue weighted by Crippen LogP contribution is 2.27. The Balaban J connectivity index is 1.51. The third-order valence-electron chi connectivity index (χ3n) is 4.45. The molecule has 1 aliphatic rings. The van der Waals surface area contributed by atoms with Gasteiger partial charge in [-0.3, -0.25) is 5.10 Å². The lowest BCUT2D eigenvalue weighted by atomic mass is 10.0. The van der Waals surface area contributed by atoms with Crippen LogP contribution in [-0.2, 0) is 0 Å². The van der Waals surface area contributed by atoms with E-state index in [2.05, 4.69) is 64.0 Å². The minimum atomic E-state index is 0.334. The first-order valence-electron chi connectivity index (χ1n) is 8.46. The molecule has 1 aliphatic heterocycles. The summed E-state index contributed by atoms with van der Waals surface area (Å²) in [5, 5.41) is 10.4. The Morgan fingerprint density at radius 3 is 2.42 bits per heavy atom. The highest BCUT2D eigenvalue weighted by Gasteiger charge is 2.14. The van der Waals surface area contributed by atoms with Gasteiger partial charge in [0.25, 0.3) is 0 Å². The van der Waals surface area contributed by atoms with Gasteiger partial charge in [-0.05, 0) is 61.3 Å². The van der Waals surface area contributed by atoms with Crippen molar-refractivity contribution in [2.24, 2.45) is 0 Å². The number of nitrogens with one attached hydrogen (secondary N) is 2. The molecule has 2 aromatic carbocycles. The fourth-order valence-corrected chi connectivity index (χ4v) is 3.11. The number of H-pyrrole nitrogens is 1. The smallest absolute Gasteiger partial charge is 0.119 e. The van der Waals surface area contributed by atoms with E-state index in [1.54, 1.807) is 6.20 Å². The molecule has 0 amide bonds. The molecule has 1 fully saturated rings. The van der Waals surface area contributed by atoms with Crippen molar-refractivity contribution >= 4 is 0 Å². The summed E-state index contributed by atoms with van der Waals surface area (Å²) < 4.78 is 6.08. The molecule has 2 heterocycles. The Morgan fingerprint density at radius 1 is 0.875 bits per heavy atom. The topological polar surface area (TPSA) is 49.9 Å². The van der Waals surface area contributed by atoms with Crippen molar-refractivity contribution in [3.8, 4) is 28.1 Å². The van der Waals surface area contributed by atoms with Crippen LogP contribution < -0.4 is 10.1 Å². The van der Waals surface area contributed by atoms with Crippen LogP contribution in [0.3, 0.4) is 0 Å². The molecule has 1 aromatic heterocycles. The molecule has 0 spiro atoms. The molecule has 0 atom stereocenters. The average molecular weight is 319 g/mol. The predicted octanol–water partition coefficient (Wildman–Crippen LogP) is 3.87. The van der Waals surface area contributed by atoms with Crippen LogP contribution in [0.5, 0.6) is 5.75 Å². The Morgan fingerprint density at radius 2 is 1.67 bits per heavy atom. The minimum absolute atomic E-state index is 0.334. The van der Waals surface area contributed by atoms with E-state index >= 15 is 0 Å². The van der Waals surface area contributed by atoms with Gasteiger partial charge in [-0.1, -0.05) is 30.3 Å². The van der Waals surface area contributed by atoms with Gasteiger partial charge in [0, 0.05) is 11.8 Å². The lowest BCUT2D eigenvalue weighted by molar-refractivity contribution is 0.162. The van der Waals surface area contributed by atoms with E-state index in [1.807, 2.05) is 6.07 Å². The van der Waals surface area contributed by atoms with Gasteiger partial charge in [-0.25, -0.2) is 0 Å². The van der Waals surface area contributed by atoms with Crippen LogP contribution in [0.2, 0.25) is 0 Å². The van der Waals surface area contributed by atoms with Crippen molar-refractivity contribution in [3.63, 3.8) is 0 Å². The van der Waals surface area contributed by atoms with Gasteiger partial charge in [0.05, 0.1) is 5.69 Å². The molecule has 0 saturated carbocycles. The fourth-order valence-electron chi connectivity index (χ4n) is 3.11. The van der Waals surface area contributed by atoms with Gasteiger partial charge >= 0.3 is 0 Å². The molecule has 4 rings (SSSR count). The summed E-state index contributed by atoms with van der Waals surface area (Å²) in [4.78, 5) is 0. The first-order valence-corrected chi connectivity index (χ1v) is 8.46. The van der Waals surface area contributed by atoms with Crippen molar-refractivity contribution in [3.05, 3.63) is 60.8 Å². The first kappa shape index (κ1) is 15.0. The molecular weight excluding hydrogens is 298 g/mol. The van der Waals surface area contributed by atoms with Crippen LogP contribution in [-0.4, -0.2) is 29.4 Å². The third kappa shape index (κ3) is 3.34. The van der Waals surface area contributed by atoms with Gasteiger partial charge in [0.15, 0.2) is 0 Å². The van der Waals surface area contributed by atoms with Gasteiger partial charge in [0.2, 0.25) is 0 Å². The van der Waals surface area contributed by atoms with Crippen LogP contribution in [0, 0.1) is 0 Å². The van der Waals surface area contributed by atoms with Crippen molar-refractivity contribution in [2.75, 3.05) is 13.1 Å². The van der Waals surface area contributed by atoms with Gasteiger partial charge in [-0.2, -0.15) is 5.10 Å². The van der Waals surface area contributed by atoms with Crippen LogP contribution in [0.4, 0.5) is 0 Å². The van der Waals surface area contributed by atoms with Gasteiger partial charge < -0.3 is 10.1 Å². The molecule has 24 heavy (non-hydrogen) atoms. The van der Waals surface area contributed by atoms with E-state index in [0.717, 1.165) is 42.9 Å². The molecule has 2 N–H and O–H groups in total. The molecule has 0 radical (unpaired) electrons. The zero-order valence-corrected chi connectivity index (χ0v) is 13.5. The molecular formula is C20H21N3O. The summed E-state index contributed by atoms with van der Waals surface area (Å²) >= 11 is 0. The Bertz CT molecular complexity index is 775. The standard InChI is InChI=1S/C20H21N3O/c1-2-16(14-17(3-1)20-10-13-22-23-20)15-4-6-18(7-5-15)24-19-8-11-21-12-9-19/h1-7,10,13-14,19,21H,8-9,11-12H2,(H,22,23). The number of ether oxygens (including phenoxy) is 1. The lowest BCUT2D eigenvalue weighted by Crippen LogP contribution is -2.34. The molecule has 122 valence electrons. The summed E-state index contributed by atoms with van der Waals surface area (Å²) in [6, 6.07) is 18.8. The maximum atomic E-state index is 6.08. The maximum Gasteiger partial charge on any atom is 0.119 e. The van der Waals surface area contributed by atoms with Gasteiger partial charge in [0.1, 0.15) is 11.9 Å². The number of aromatic amines is 1. The van der Waals surface area contributed by atoms with E-state index in [0.29, 0.717) is 6.10 Å². The summed E-state index contributed by atoms with van der Waals surface area (Å²) in [7, 11) is 0. The van der Waals surface area contributed by atoms with Crippen LogP contribution in [0.1, 0.15) is 12.8 Å². The number of aromatic nitrogens is 2. The van der Waals surface area contributed by atoms with E-state index in [-0.39, 0.29) is 0 Å². The SMILES string of the molecule is c1cc(-c2ccc(OC3CCNCC3)cc2)cc(-c2ccn[nH]2)c1. The highest BCUT2D eigenvalue weighted by molar-refractivity contribution is 5.71. The molecule has 0 aliphatic carbocycles. The Labute approximate surface area is 141 Å². The average Bonchev–Trinajstić information content (AvgIpc) is 3.18. The number of benzene rings is 2. The molecule has 0 bridgehead atoms. The number of rotatable bonds is 4. The summed E-state index contributed by atoms with van der Waals surface area (Å²) in [6.07, 6.45) is 4.26. The normalized spacial score (nSPS) is 15.3. The van der Waals surface area contributed by atoms with E-state index in [9.17, 15) is 0 Å². The molecule has 4 nitrogen and oxygen atoms in total. The molecule has 1 saturated heterocycles. The van der Waals surface area contributed by atoms with Crippen molar-refractivity contribution in [1.29, 1.82) is 0 Å². The number of nitrogens with zero attached hydrogens (tertiary/aromatic N) is 1. The van der Waals surface area contributed by atoms with Crippen LogP contribution >= 0.6 is 0 Å². The molecule has 4 heteroatoms. The second-order valence-corrected chi connectivity index (χ2v) is 6.14. The summed E-state index contributed by atoms with van der Waals surface area (Å²) in [6.45, 7) is 2.09. The Kier molecular flexibility index (Phi) is 4.30. The number of hydrogen-bond donors (Lipinski definition) is 2. The highest BCUT2D eigenvalue weighted by atomic mass is 16.5. The summed E-state index contributed by atoms with van der Waals surface area (Å²) in [5.41, 5.74) is 4.55. The predicted molar refractivity (Wildman–Crippen MR) is 96.0 cm³/mol. The van der Waals surface area contributed by atoms with Crippen molar-refractivity contribution < 1.29 is 4.74 Å². The third-order valence-corrected chi connectivity index (χ3v) is 4.45. The molecule has 0 unspecified atom stereocenters. The monoisotopic (exact) mass is 319 g/mol. The van der Waals surface area contributed by atoms with E-state index in [4.69, 9.17) is 4.74 Å². The van der Waals surface area contributed by atoms with E-state index in [1.165, 1.54) is 11.1 Å². The molecule has 3 aromatic rings. The zero-order chi connectivity index (χ0) is 16.2. The lowest BCUT2D eigenvalue weighted by Gasteiger charge is -2.23. The Hall–Kier alpha value is -2.59. The van der Waals surface area contributed by atoms with Crippen molar-refractivity contribution in [1.82, 2.24) is 15.5 Å². The maximum absolute atomic E-state index is 6.08. The largest absolute Gasteiger partial charge is 0.490 e. The second-order valence-electron chi connectivity index (χ2n) is 6.14. The van der Waals surface area contributed by atoms with Crippen LogP contribution in [0.15, 0.2) is 60.8 Å². The quantitative estimate of drug-likeness (QED) is 0.767.